The summed E-state index contributed by atoms with van der Waals surface area (Å²) in [4.78, 5) is -0.414. The topological polar surface area (TPSA) is 72.2 Å². The van der Waals surface area contributed by atoms with E-state index < -0.39 is 20.7 Å². The van der Waals surface area contributed by atoms with Gasteiger partial charge in [-0.25, -0.2) is 17.5 Å². The van der Waals surface area contributed by atoms with Gasteiger partial charge in [0.15, 0.2) is 5.82 Å². The molecule has 1 unspecified atom stereocenters. The molecule has 0 aromatic heterocycles. The molecular weight excluding hydrogens is 355 g/mol. The first kappa shape index (κ1) is 15.1. The molecule has 1 heterocycles. The molecule has 4 nitrogen and oxygen atoms in total. The van der Waals surface area contributed by atoms with Gasteiger partial charge in [-0.1, -0.05) is 0 Å². The van der Waals surface area contributed by atoms with E-state index in [9.17, 15) is 12.8 Å². The molecule has 0 aliphatic carbocycles. The van der Waals surface area contributed by atoms with Crippen LogP contribution in [0, 0.1) is 5.82 Å². The molecule has 3 N–H and O–H groups in total. The average molecular weight is 369 g/mol. The average Bonchev–Trinajstić information content (AvgIpc) is 2.84. The molecule has 1 atom stereocenters. The molecule has 1 aliphatic rings. The third-order valence-electron chi connectivity index (χ3n) is 2.83. The Labute approximate surface area is 124 Å². The van der Waals surface area contributed by atoms with Gasteiger partial charge in [0.1, 0.15) is 4.90 Å². The van der Waals surface area contributed by atoms with Crippen molar-refractivity contribution in [3.8, 4) is 0 Å². The first-order valence-corrected chi connectivity index (χ1v) is 9.08. The molecular formula is C11H14BrFN2O2S2. The van der Waals surface area contributed by atoms with E-state index in [1.165, 1.54) is 6.07 Å². The minimum atomic E-state index is -3.87. The van der Waals surface area contributed by atoms with Crippen molar-refractivity contribution in [2.75, 3.05) is 18.0 Å². The van der Waals surface area contributed by atoms with Gasteiger partial charge < -0.3 is 5.73 Å². The lowest BCUT2D eigenvalue weighted by Gasteiger charge is -2.12. The third-order valence-corrected chi connectivity index (χ3v) is 6.23. The van der Waals surface area contributed by atoms with Gasteiger partial charge in [-0.3, -0.25) is 0 Å². The number of nitrogen functional groups attached to an aromatic ring is 1. The van der Waals surface area contributed by atoms with Crippen molar-refractivity contribution in [3.63, 3.8) is 0 Å². The summed E-state index contributed by atoms with van der Waals surface area (Å²) >= 11 is 4.69. The molecule has 1 aromatic carbocycles. The van der Waals surface area contributed by atoms with Crippen LogP contribution in [0.2, 0.25) is 0 Å². The van der Waals surface area contributed by atoms with E-state index in [2.05, 4.69) is 20.7 Å². The zero-order valence-electron chi connectivity index (χ0n) is 10.0. The summed E-state index contributed by atoms with van der Waals surface area (Å²) in [5, 5.41) is 0.266. The maximum atomic E-state index is 13.9. The number of nitrogens with two attached hydrogens (primary N) is 1. The van der Waals surface area contributed by atoms with Crippen molar-refractivity contribution in [2.45, 2.75) is 23.0 Å². The summed E-state index contributed by atoms with van der Waals surface area (Å²) in [7, 11) is -3.87. The normalized spacial score (nSPS) is 19.8. The fourth-order valence-electron chi connectivity index (χ4n) is 1.87. The maximum Gasteiger partial charge on any atom is 0.243 e. The molecule has 106 valence electrons. The quantitative estimate of drug-likeness (QED) is 0.800. The standard InChI is InChI=1S/C11H14BrFN2O2S2/c12-9-4-7(14)5-10(11(9)13)19(16,17)15-6-8-2-1-3-18-8/h4-5,8,15H,1-3,6,14H2. The predicted octanol–water partition coefficient (Wildman–Crippen LogP) is 2.34. The number of benzene rings is 1. The third kappa shape index (κ3) is 3.62. The van der Waals surface area contributed by atoms with Gasteiger partial charge >= 0.3 is 0 Å². The number of thioether (sulfide) groups is 1. The number of halogens is 2. The number of hydrogen-bond acceptors (Lipinski definition) is 4. The summed E-state index contributed by atoms with van der Waals surface area (Å²) in [6.45, 7) is 0.318. The molecule has 0 spiro atoms. The lowest BCUT2D eigenvalue weighted by molar-refractivity contribution is 0.553. The highest BCUT2D eigenvalue weighted by Gasteiger charge is 2.24. The van der Waals surface area contributed by atoms with Crippen molar-refractivity contribution in [1.29, 1.82) is 0 Å². The van der Waals surface area contributed by atoms with Crippen LogP contribution < -0.4 is 10.5 Å². The summed E-state index contributed by atoms with van der Waals surface area (Å²) in [6, 6.07) is 2.46. The molecule has 19 heavy (non-hydrogen) atoms. The first-order chi connectivity index (χ1) is 8.90. The number of rotatable bonds is 4. The van der Waals surface area contributed by atoms with Crippen LogP contribution in [0.5, 0.6) is 0 Å². The second-order valence-electron chi connectivity index (χ2n) is 4.30. The van der Waals surface area contributed by atoms with Gasteiger partial charge in [0.25, 0.3) is 0 Å². The Bertz CT molecular complexity index is 574. The van der Waals surface area contributed by atoms with Gasteiger partial charge in [-0.05, 0) is 46.7 Å². The smallest absolute Gasteiger partial charge is 0.243 e. The van der Waals surface area contributed by atoms with E-state index in [0.717, 1.165) is 24.7 Å². The van der Waals surface area contributed by atoms with Gasteiger partial charge in [0.2, 0.25) is 10.0 Å². The van der Waals surface area contributed by atoms with E-state index in [1.807, 2.05) is 0 Å². The Morgan fingerprint density at radius 3 is 2.89 bits per heavy atom. The van der Waals surface area contributed by atoms with Gasteiger partial charge in [-0.2, -0.15) is 11.8 Å². The first-order valence-electron chi connectivity index (χ1n) is 5.76. The Hall–Kier alpha value is -0.310. The summed E-state index contributed by atoms with van der Waals surface area (Å²) < 4.78 is 40.5. The van der Waals surface area contributed by atoms with Crippen molar-refractivity contribution >= 4 is 43.4 Å². The fourth-order valence-corrected chi connectivity index (χ4v) is 4.99. The monoisotopic (exact) mass is 368 g/mol. The molecule has 0 saturated carbocycles. The van der Waals surface area contributed by atoms with Crippen LogP contribution in [0.25, 0.3) is 0 Å². The number of sulfonamides is 1. The maximum absolute atomic E-state index is 13.9. The lowest BCUT2D eigenvalue weighted by atomic mass is 10.2. The number of nitrogens with one attached hydrogen (secondary N) is 1. The highest BCUT2D eigenvalue weighted by Crippen LogP contribution is 2.28. The Balaban J connectivity index is 2.19. The number of hydrogen-bond donors (Lipinski definition) is 2. The van der Waals surface area contributed by atoms with Crippen molar-refractivity contribution in [1.82, 2.24) is 4.72 Å². The minimum absolute atomic E-state index is 0.0446. The zero-order valence-corrected chi connectivity index (χ0v) is 13.2. The van der Waals surface area contributed by atoms with Crippen LogP contribution in [0.1, 0.15) is 12.8 Å². The second-order valence-corrected chi connectivity index (χ2v) is 8.30. The van der Waals surface area contributed by atoms with Gasteiger partial charge in [0, 0.05) is 17.5 Å². The van der Waals surface area contributed by atoms with Crippen LogP contribution in [0.4, 0.5) is 10.1 Å². The highest BCUT2D eigenvalue weighted by molar-refractivity contribution is 9.10. The summed E-state index contributed by atoms with van der Waals surface area (Å²) in [6.07, 6.45) is 2.07. The zero-order chi connectivity index (χ0) is 14.0. The van der Waals surface area contributed by atoms with Crippen molar-refractivity contribution in [3.05, 3.63) is 22.4 Å². The van der Waals surface area contributed by atoms with Crippen molar-refractivity contribution in [2.24, 2.45) is 0 Å². The molecule has 1 fully saturated rings. The minimum Gasteiger partial charge on any atom is -0.399 e. The van der Waals surface area contributed by atoms with E-state index >= 15 is 0 Å². The molecule has 0 amide bonds. The van der Waals surface area contributed by atoms with Gasteiger partial charge in [0.05, 0.1) is 4.47 Å². The van der Waals surface area contributed by atoms with Crippen molar-refractivity contribution < 1.29 is 12.8 Å². The Morgan fingerprint density at radius 2 is 2.26 bits per heavy atom. The second kappa shape index (κ2) is 5.99. The van der Waals surface area contributed by atoms with E-state index in [0.29, 0.717) is 6.54 Å². The van der Waals surface area contributed by atoms with Crippen LogP contribution in [-0.4, -0.2) is 26.0 Å². The Morgan fingerprint density at radius 1 is 1.53 bits per heavy atom. The summed E-state index contributed by atoms with van der Waals surface area (Å²) in [5.41, 5.74) is 5.75. The van der Waals surface area contributed by atoms with Crippen LogP contribution in [-0.2, 0) is 10.0 Å². The number of anilines is 1. The Kier molecular flexibility index (Phi) is 4.75. The summed E-state index contributed by atoms with van der Waals surface area (Å²) in [5.74, 6) is 0.227. The molecule has 1 aromatic rings. The molecule has 0 radical (unpaired) electrons. The highest BCUT2D eigenvalue weighted by atomic mass is 79.9. The molecule has 1 aliphatic heterocycles. The largest absolute Gasteiger partial charge is 0.399 e. The van der Waals surface area contributed by atoms with Crippen LogP contribution in [0.3, 0.4) is 0 Å². The van der Waals surface area contributed by atoms with Crippen LogP contribution >= 0.6 is 27.7 Å². The lowest BCUT2D eigenvalue weighted by Crippen LogP contribution is -2.30. The van der Waals surface area contributed by atoms with Gasteiger partial charge in [-0.15, -0.1) is 0 Å². The molecule has 0 bridgehead atoms. The van der Waals surface area contributed by atoms with E-state index in [1.54, 1.807) is 11.8 Å². The SMILES string of the molecule is Nc1cc(Br)c(F)c(S(=O)(=O)NCC2CCCS2)c1. The van der Waals surface area contributed by atoms with E-state index in [4.69, 9.17) is 5.73 Å². The van der Waals surface area contributed by atoms with Crippen LogP contribution in [0.15, 0.2) is 21.5 Å². The molecule has 1 saturated heterocycles. The molecule has 8 heteroatoms. The molecule has 2 rings (SSSR count). The predicted molar refractivity (Wildman–Crippen MR) is 79.2 cm³/mol. The van der Waals surface area contributed by atoms with E-state index in [-0.39, 0.29) is 15.4 Å². The fraction of sp³-hybridized carbons (Fsp3) is 0.455.